The van der Waals surface area contributed by atoms with Gasteiger partial charge in [0.25, 0.3) is 0 Å². The molecule has 0 bridgehead atoms. The number of piperidine rings is 1. The average molecular weight is 452 g/mol. The van der Waals surface area contributed by atoms with E-state index < -0.39 is 0 Å². The molecule has 4 rings (SSSR count). The molecule has 1 amide bonds. The van der Waals surface area contributed by atoms with Crippen molar-refractivity contribution in [2.24, 2.45) is 5.92 Å². The average Bonchev–Trinajstić information content (AvgIpc) is 3.17. The molecule has 2 fully saturated rings. The molecule has 1 aromatic carbocycles. The molecule has 2 aromatic rings. The van der Waals surface area contributed by atoms with Gasteiger partial charge in [0.1, 0.15) is 0 Å². The van der Waals surface area contributed by atoms with Crippen LogP contribution in [0.2, 0.25) is 0 Å². The number of amides is 1. The zero-order valence-corrected chi connectivity index (χ0v) is 20.6. The minimum atomic E-state index is 0.350. The summed E-state index contributed by atoms with van der Waals surface area (Å²) in [4.78, 5) is 20.0. The second-order valence-corrected chi connectivity index (χ2v) is 9.93. The molecule has 0 radical (unpaired) electrons. The third kappa shape index (κ3) is 6.90. The molecule has 0 saturated carbocycles. The van der Waals surface area contributed by atoms with Crippen molar-refractivity contribution in [1.82, 2.24) is 24.5 Å². The van der Waals surface area contributed by atoms with Gasteiger partial charge in [-0.25, -0.2) is 0 Å². The van der Waals surface area contributed by atoms with Crippen molar-refractivity contribution in [2.45, 2.75) is 65.6 Å². The van der Waals surface area contributed by atoms with Crippen LogP contribution in [0.4, 0.5) is 0 Å². The van der Waals surface area contributed by atoms with Crippen LogP contribution in [0.15, 0.2) is 36.5 Å². The van der Waals surface area contributed by atoms with Gasteiger partial charge in [-0.15, -0.1) is 0 Å². The zero-order chi connectivity index (χ0) is 23.0. The molecule has 1 atom stereocenters. The first-order chi connectivity index (χ1) is 16.1. The fourth-order valence-electron chi connectivity index (χ4n) is 5.31. The molecular weight excluding hydrogens is 410 g/mol. The second kappa shape index (κ2) is 11.8. The van der Waals surface area contributed by atoms with Crippen LogP contribution in [0.5, 0.6) is 0 Å². The van der Waals surface area contributed by atoms with Gasteiger partial charge in [-0.3, -0.25) is 19.3 Å². The molecule has 0 N–H and O–H groups in total. The van der Waals surface area contributed by atoms with Gasteiger partial charge in [0, 0.05) is 70.5 Å². The molecular formula is C27H41N5O. The highest BCUT2D eigenvalue weighted by molar-refractivity contribution is 5.76. The van der Waals surface area contributed by atoms with Gasteiger partial charge in [-0.2, -0.15) is 5.10 Å². The number of carbonyl (C=O) groups is 1. The van der Waals surface area contributed by atoms with Gasteiger partial charge in [0.2, 0.25) is 5.91 Å². The lowest BCUT2D eigenvalue weighted by Crippen LogP contribution is -2.48. The lowest BCUT2D eigenvalue weighted by atomic mass is 9.93. The van der Waals surface area contributed by atoms with E-state index in [1.165, 1.54) is 24.0 Å². The molecule has 0 aliphatic carbocycles. The summed E-state index contributed by atoms with van der Waals surface area (Å²) in [5.74, 6) is 0.983. The summed E-state index contributed by atoms with van der Waals surface area (Å²) in [6.07, 6.45) is 7.55. The number of hydrogen-bond donors (Lipinski definition) is 0. The monoisotopic (exact) mass is 451 g/mol. The quantitative estimate of drug-likeness (QED) is 0.579. The van der Waals surface area contributed by atoms with E-state index in [1.807, 2.05) is 0 Å². The molecule has 2 aliphatic rings. The SMILES string of the molecule is CCCn1cc(CN2CCCC(CCC(=O)N3CCN(Cc4ccccc4)CC3)C2)c(C)n1. The van der Waals surface area contributed by atoms with Crippen molar-refractivity contribution in [1.29, 1.82) is 0 Å². The Morgan fingerprint density at radius 3 is 2.58 bits per heavy atom. The van der Waals surface area contributed by atoms with E-state index in [4.69, 9.17) is 0 Å². The molecule has 2 saturated heterocycles. The largest absolute Gasteiger partial charge is 0.340 e. The van der Waals surface area contributed by atoms with Crippen LogP contribution >= 0.6 is 0 Å². The Kier molecular flexibility index (Phi) is 8.57. The van der Waals surface area contributed by atoms with Crippen molar-refractivity contribution < 1.29 is 4.79 Å². The number of aryl methyl sites for hydroxylation is 2. The summed E-state index contributed by atoms with van der Waals surface area (Å²) < 4.78 is 2.09. The van der Waals surface area contributed by atoms with Crippen molar-refractivity contribution in [3.8, 4) is 0 Å². The van der Waals surface area contributed by atoms with Crippen molar-refractivity contribution >= 4 is 5.91 Å². The van der Waals surface area contributed by atoms with Crippen LogP contribution in [-0.2, 0) is 24.4 Å². The van der Waals surface area contributed by atoms with E-state index in [-0.39, 0.29) is 0 Å². The standard InChI is InChI=1S/C27H41N5O/c1-3-13-32-22-26(23(2)28-32)21-30-14-7-10-25(20-30)11-12-27(33)31-17-15-29(16-18-31)19-24-8-5-4-6-9-24/h4-6,8-9,22,25H,3,7,10-21H2,1-2H3. The molecule has 180 valence electrons. The first kappa shape index (κ1) is 24.0. The van der Waals surface area contributed by atoms with E-state index in [0.29, 0.717) is 18.2 Å². The highest BCUT2D eigenvalue weighted by atomic mass is 16.2. The number of hydrogen-bond acceptors (Lipinski definition) is 4. The Balaban J connectivity index is 1.18. The fourth-order valence-corrected chi connectivity index (χ4v) is 5.31. The maximum absolute atomic E-state index is 12.9. The molecule has 6 nitrogen and oxygen atoms in total. The fraction of sp³-hybridized carbons (Fsp3) is 0.630. The molecule has 3 heterocycles. The highest BCUT2D eigenvalue weighted by Crippen LogP contribution is 2.24. The summed E-state index contributed by atoms with van der Waals surface area (Å²) in [6, 6.07) is 10.6. The van der Waals surface area contributed by atoms with E-state index in [2.05, 4.69) is 74.9 Å². The van der Waals surface area contributed by atoms with Gasteiger partial charge in [0.05, 0.1) is 5.69 Å². The van der Waals surface area contributed by atoms with Gasteiger partial charge in [0.15, 0.2) is 0 Å². The van der Waals surface area contributed by atoms with Crippen LogP contribution in [0, 0.1) is 12.8 Å². The van der Waals surface area contributed by atoms with E-state index >= 15 is 0 Å². The van der Waals surface area contributed by atoms with Gasteiger partial charge >= 0.3 is 0 Å². The van der Waals surface area contributed by atoms with Crippen molar-refractivity contribution in [3.63, 3.8) is 0 Å². The van der Waals surface area contributed by atoms with Crippen molar-refractivity contribution in [3.05, 3.63) is 53.3 Å². The highest BCUT2D eigenvalue weighted by Gasteiger charge is 2.25. The molecule has 2 aliphatic heterocycles. The predicted octanol–water partition coefficient (Wildman–Crippen LogP) is 3.94. The number of nitrogens with zero attached hydrogens (tertiary/aromatic N) is 5. The number of piperazine rings is 1. The summed E-state index contributed by atoms with van der Waals surface area (Å²) in [5.41, 5.74) is 3.87. The maximum atomic E-state index is 12.9. The number of aromatic nitrogens is 2. The van der Waals surface area contributed by atoms with Crippen LogP contribution in [0.3, 0.4) is 0 Å². The topological polar surface area (TPSA) is 44.6 Å². The molecule has 33 heavy (non-hydrogen) atoms. The van der Waals surface area contributed by atoms with Crippen molar-refractivity contribution in [2.75, 3.05) is 39.3 Å². The molecule has 0 spiro atoms. The Labute approximate surface area is 199 Å². The van der Waals surface area contributed by atoms with E-state index in [1.54, 1.807) is 0 Å². The van der Waals surface area contributed by atoms with Gasteiger partial charge in [-0.1, -0.05) is 37.3 Å². The van der Waals surface area contributed by atoms with Crippen LogP contribution in [-0.4, -0.2) is 69.7 Å². The minimum absolute atomic E-state index is 0.350. The predicted molar refractivity (Wildman–Crippen MR) is 133 cm³/mol. The maximum Gasteiger partial charge on any atom is 0.222 e. The summed E-state index contributed by atoms with van der Waals surface area (Å²) in [5, 5.41) is 4.66. The number of rotatable bonds is 9. The van der Waals surface area contributed by atoms with E-state index in [9.17, 15) is 4.79 Å². The molecule has 6 heteroatoms. The van der Waals surface area contributed by atoms with Gasteiger partial charge in [-0.05, 0) is 50.6 Å². The normalized spacial score (nSPS) is 20.3. The van der Waals surface area contributed by atoms with Crippen LogP contribution in [0.25, 0.3) is 0 Å². The Hall–Kier alpha value is -2.18. The van der Waals surface area contributed by atoms with Gasteiger partial charge < -0.3 is 4.90 Å². The Bertz CT molecular complexity index is 872. The van der Waals surface area contributed by atoms with E-state index in [0.717, 1.165) is 77.4 Å². The summed E-state index contributed by atoms with van der Waals surface area (Å²) >= 11 is 0. The molecule has 1 unspecified atom stereocenters. The Morgan fingerprint density at radius 2 is 1.82 bits per heavy atom. The summed E-state index contributed by atoms with van der Waals surface area (Å²) in [6.45, 7) is 13.2. The molecule has 1 aromatic heterocycles. The third-order valence-electron chi connectivity index (χ3n) is 7.24. The van der Waals surface area contributed by atoms with Crippen LogP contribution < -0.4 is 0 Å². The zero-order valence-electron chi connectivity index (χ0n) is 20.6. The third-order valence-corrected chi connectivity index (χ3v) is 7.24. The summed E-state index contributed by atoms with van der Waals surface area (Å²) in [7, 11) is 0. The number of benzene rings is 1. The lowest BCUT2D eigenvalue weighted by molar-refractivity contribution is -0.133. The Morgan fingerprint density at radius 1 is 1.03 bits per heavy atom. The minimum Gasteiger partial charge on any atom is -0.340 e. The first-order valence-electron chi connectivity index (χ1n) is 12.9. The number of carbonyl (C=O) groups excluding carboxylic acids is 1. The first-order valence-corrected chi connectivity index (χ1v) is 12.9. The van der Waals surface area contributed by atoms with Crippen LogP contribution in [0.1, 0.15) is 55.8 Å². The smallest absolute Gasteiger partial charge is 0.222 e. The lowest BCUT2D eigenvalue weighted by Gasteiger charge is -2.36. The number of likely N-dealkylation sites (tertiary alicyclic amines) is 1. The second-order valence-electron chi connectivity index (χ2n) is 9.93.